The van der Waals surface area contributed by atoms with Crippen molar-refractivity contribution in [1.82, 2.24) is 9.62 Å². The summed E-state index contributed by atoms with van der Waals surface area (Å²) in [5.74, 6) is -2.58. The van der Waals surface area contributed by atoms with Crippen molar-refractivity contribution < 1.29 is 32.3 Å². The fourth-order valence-electron chi connectivity index (χ4n) is 2.17. The number of likely N-dealkylation sites (N-methyl/N-ethyl adjacent to an activating group) is 1. The van der Waals surface area contributed by atoms with Crippen molar-refractivity contribution in [2.24, 2.45) is 11.7 Å². The van der Waals surface area contributed by atoms with Crippen LogP contribution in [0.1, 0.15) is 31.1 Å². The molecule has 0 aliphatic heterocycles. The molecule has 28 heavy (non-hydrogen) atoms. The second-order valence-corrected chi connectivity index (χ2v) is 8.39. The topological polar surface area (TPSA) is 153 Å². The highest BCUT2D eigenvalue weighted by atomic mass is 32.2. The normalized spacial score (nSPS) is 12.5. The van der Waals surface area contributed by atoms with Gasteiger partial charge in [-0.25, -0.2) is 13.2 Å². The first kappa shape index (κ1) is 23.2. The zero-order valence-electron chi connectivity index (χ0n) is 16.0. The number of hydrogen-bond donors (Lipinski definition) is 2. The summed E-state index contributed by atoms with van der Waals surface area (Å²) in [4.78, 5) is 46.0. The Morgan fingerprint density at radius 2 is 1.68 bits per heavy atom. The third-order valence-corrected chi connectivity index (χ3v) is 5.51. The number of nitrogens with one attached hydrogen (secondary N) is 1. The second kappa shape index (κ2) is 9.42. The van der Waals surface area contributed by atoms with E-state index in [1.165, 1.54) is 38.2 Å². The van der Waals surface area contributed by atoms with Gasteiger partial charge in [-0.15, -0.1) is 0 Å². The maximum Gasteiger partial charge on any atom is 0.322 e. The molecule has 1 rings (SSSR count). The molecule has 0 aliphatic carbocycles. The number of amides is 3. The van der Waals surface area contributed by atoms with Crippen LogP contribution in [-0.2, 0) is 24.3 Å². The molecule has 3 N–H and O–H groups in total. The Labute approximate surface area is 163 Å². The molecule has 0 fully saturated rings. The number of imide groups is 1. The van der Waals surface area contributed by atoms with Crippen molar-refractivity contribution in [2.75, 3.05) is 13.6 Å². The lowest BCUT2D eigenvalue weighted by molar-refractivity contribution is -0.158. The van der Waals surface area contributed by atoms with Crippen molar-refractivity contribution in [2.45, 2.75) is 31.8 Å². The number of carbonyl (C=O) groups excluding carboxylic acids is 4. The SMILES string of the molecule is CC(=O)c1ccc(S(=O)(=O)N(C)CC(=O)OC(C(=O)NC(N)=O)C(C)C)cc1. The first-order chi connectivity index (χ1) is 12.9. The Balaban J connectivity index is 2.87. The molecule has 0 bridgehead atoms. The monoisotopic (exact) mass is 413 g/mol. The van der Waals surface area contributed by atoms with E-state index in [0.29, 0.717) is 5.56 Å². The van der Waals surface area contributed by atoms with Gasteiger partial charge in [0.25, 0.3) is 5.91 Å². The van der Waals surface area contributed by atoms with Crippen LogP contribution in [0.5, 0.6) is 0 Å². The molecular weight excluding hydrogens is 390 g/mol. The van der Waals surface area contributed by atoms with Crippen molar-refractivity contribution in [3.8, 4) is 0 Å². The number of hydrogen-bond acceptors (Lipinski definition) is 7. The Morgan fingerprint density at radius 3 is 2.11 bits per heavy atom. The third kappa shape index (κ3) is 6.13. The van der Waals surface area contributed by atoms with Crippen LogP contribution in [0.25, 0.3) is 0 Å². The molecule has 1 aromatic rings. The van der Waals surface area contributed by atoms with E-state index in [-0.39, 0.29) is 10.7 Å². The predicted molar refractivity (Wildman–Crippen MR) is 98.7 cm³/mol. The quantitative estimate of drug-likeness (QED) is 0.458. The predicted octanol–water partition coefficient (Wildman–Crippen LogP) is 0.272. The summed E-state index contributed by atoms with van der Waals surface area (Å²) in [5.41, 5.74) is 5.22. The Hall–Kier alpha value is -2.79. The molecule has 0 radical (unpaired) electrons. The zero-order valence-corrected chi connectivity index (χ0v) is 16.8. The number of primary amides is 1. The van der Waals surface area contributed by atoms with Crippen LogP contribution >= 0.6 is 0 Å². The summed E-state index contributed by atoms with van der Waals surface area (Å²) < 4.78 is 30.8. The molecule has 10 nitrogen and oxygen atoms in total. The van der Waals surface area contributed by atoms with E-state index in [2.05, 4.69) is 0 Å². The second-order valence-electron chi connectivity index (χ2n) is 6.35. The molecule has 3 amide bonds. The van der Waals surface area contributed by atoms with E-state index in [1.54, 1.807) is 13.8 Å². The summed E-state index contributed by atoms with van der Waals surface area (Å²) in [7, 11) is -2.86. The molecule has 1 aromatic carbocycles. The molecule has 0 aromatic heterocycles. The Kier molecular flexibility index (Phi) is 7.82. The minimum absolute atomic E-state index is 0.111. The van der Waals surface area contributed by atoms with Crippen molar-refractivity contribution >= 4 is 33.7 Å². The number of carbonyl (C=O) groups is 4. The maximum absolute atomic E-state index is 12.5. The summed E-state index contributed by atoms with van der Waals surface area (Å²) in [6.45, 7) is 3.85. The number of Topliss-reactive ketones (excluding diaryl/α,β-unsaturated/α-hetero) is 1. The van der Waals surface area contributed by atoms with Gasteiger partial charge in [0.05, 0.1) is 4.90 Å². The van der Waals surface area contributed by atoms with Gasteiger partial charge in [0.1, 0.15) is 6.54 Å². The van der Waals surface area contributed by atoms with Gasteiger partial charge < -0.3 is 10.5 Å². The first-order valence-electron chi connectivity index (χ1n) is 8.23. The van der Waals surface area contributed by atoms with E-state index in [4.69, 9.17) is 10.5 Å². The molecule has 0 heterocycles. The van der Waals surface area contributed by atoms with Gasteiger partial charge in [0.2, 0.25) is 10.0 Å². The maximum atomic E-state index is 12.5. The summed E-state index contributed by atoms with van der Waals surface area (Å²) in [6, 6.07) is 4.14. The minimum atomic E-state index is -4.03. The molecule has 154 valence electrons. The molecule has 11 heteroatoms. The molecular formula is C17H23N3O7S. The number of urea groups is 1. The standard InChI is InChI=1S/C17H23N3O7S/c1-10(2)15(16(23)19-17(18)24)27-14(22)9-20(4)28(25,26)13-7-5-12(6-8-13)11(3)21/h5-8,10,15H,9H2,1-4H3,(H3,18,19,23,24). The van der Waals surface area contributed by atoms with Crippen LogP contribution in [0.3, 0.4) is 0 Å². The lowest BCUT2D eigenvalue weighted by Gasteiger charge is -2.22. The number of ether oxygens (including phenoxy) is 1. The van der Waals surface area contributed by atoms with Crippen LogP contribution in [0.15, 0.2) is 29.2 Å². The number of sulfonamides is 1. The van der Waals surface area contributed by atoms with Gasteiger partial charge in [-0.05, 0) is 25.0 Å². The number of benzene rings is 1. The molecule has 0 saturated carbocycles. The van der Waals surface area contributed by atoms with E-state index < -0.39 is 46.5 Å². The van der Waals surface area contributed by atoms with Gasteiger partial charge in [0, 0.05) is 12.6 Å². The third-order valence-electron chi connectivity index (χ3n) is 3.69. The van der Waals surface area contributed by atoms with Crippen molar-refractivity contribution in [1.29, 1.82) is 0 Å². The van der Waals surface area contributed by atoms with Crippen LogP contribution in [0, 0.1) is 5.92 Å². The van der Waals surface area contributed by atoms with Gasteiger partial charge in [0.15, 0.2) is 11.9 Å². The number of nitrogens with two attached hydrogens (primary N) is 1. The largest absolute Gasteiger partial charge is 0.451 e. The minimum Gasteiger partial charge on any atom is -0.451 e. The molecule has 1 unspecified atom stereocenters. The summed E-state index contributed by atoms with van der Waals surface area (Å²) in [6.07, 6.45) is -1.31. The van der Waals surface area contributed by atoms with Crippen LogP contribution in [0.2, 0.25) is 0 Å². The van der Waals surface area contributed by atoms with Crippen molar-refractivity contribution in [3.05, 3.63) is 29.8 Å². The average molecular weight is 413 g/mol. The number of esters is 1. The molecule has 0 spiro atoms. The van der Waals surface area contributed by atoms with Crippen molar-refractivity contribution in [3.63, 3.8) is 0 Å². The molecule has 0 saturated heterocycles. The van der Waals surface area contributed by atoms with Gasteiger partial charge in [-0.1, -0.05) is 26.0 Å². The van der Waals surface area contributed by atoms with Crippen LogP contribution < -0.4 is 11.1 Å². The molecule has 0 aliphatic rings. The van der Waals surface area contributed by atoms with E-state index >= 15 is 0 Å². The van der Waals surface area contributed by atoms with E-state index in [0.717, 1.165) is 4.31 Å². The Bertz CT molecular complexity index is 863. The number of ketones is 1. The van der Waals surface area contributed by atoms with E-state index in [1.807, 2.05) is 5.32 Å². The average Bonchev–Trinajstić information content (AvgIpc) is 2.58. The summed E-state index contributed by atoms with van der Waals surface area (Å²) >= 11 is 0. The van der Waals surface area contributed by atoms with E-state index in [9.17, 15) is 27.6 Å². The Morgan fingerprint density at radius 1 is 1.14 bits per heavy atom. The fourth-order valence-corrected chi connectivity index (χ4v) is 3.29. The lowest BCUT2D eigenvalue weighted by Crippen LogP contribution is -2.46. The molecule has 1 atom stereocenters. The highest BCUT2D eigenvalue weighted by molar-refractivity contribution is 7.89. The first-order valence-corrected chi connectivity index (χ1v) is 9.67. The van der Waals surface area contributed by atoms with Gasteiger partial charge in [-0.3, -0.25) is 19.7 Å². The highest BCUT2D eigenvalue weighted by Crippen LogP contribution is 2.16. The summed E-state index contributed by atoms with van der Waals surface area (Å²) in [5, 5.41) is 1.82. The smallest absolute Gasteiger partial charge is 0.322 e. The van der Waals surface area contributed by atoms with Crippen LogP contribution in [0.4, 0.5) is 4.79 Å². The fraction of sp³-hybridized carbons (Fsp3) is 0.412. The van der Waals surface area contributed by atoms with Gasteiger partial charge in [-0.2, -0.15) is 4.31 Å². The number of rotatable bonds is 8. The lowest BCUT2D eigenvalue weighted by atomic mass is 10.1. The number of nitrogens with zero attached hydrogens (tertiary/aromatic N) is 1. The van der Waals surface area contributed by atoms with Gasteiger partial charge >= 0.3 is 12.0 Å². The zero-order chi connectivity index (χ0) is 21.6. The highest BCUT2D eigenvalue weighted by Gasteiger charge is 2.30. The van der Waals surface area contributed by atoms with Crippen LogP contribution in [-0.4, -0.2) is 56.1 Å².